The van der Waals surface area contributed by atoms with Crippen LogP contribution in [0.1, 0.15) is 34.2 Å². The van der Waals surface area contributed by atoms with E-state index in [4.69, 9.17) is 5.26 Å². The molecule has 0 spiro atoms. The number of aromatic nitrogens is 1. The molecule has 2 aromatic rings. The van der Waals surface area contributed by atoms with Gasteiger partial charge in [0, 0.05) is 28.5 Å². The largest absolute Gasteiger partial charge is 0.422 e. The second-order valence-corrected chi connectivity index (χ2v) is 10.4. The van der Waals surface area contributed by atoms with Crippen molar-refractivity contribution in [3.8, 4) is 24.3 Å². The highest BCUT2D eigenvalue weighted by Gasteiger charge is 2.61. The molecule has 6 unspecified atom stereocenters. The van der Waals surface area contributed by atoms with E-state index >= 15 is 22.0 Å². The van der Waals surface area contributed by atoms with Crippen LogP contribution in [0.15, 0.2) is 33.9 Å². The van der Waals surface area contributed by atoms with Gasteiger partial charge in [-0.2, -0.15) is 51.8 Å². The molecule has 22 heteroatoms. The molecule has 0 saturated heterocycles. The van der Waals surface area contributed by atoms with Crippen molar-refractivity contribution in [3.63, 3.8) is 0 Å². The second kappa shape index (κ2) is 12.9. The molecule has 2 aliphatic carbocycles. The minimum atomic E-state index is -6.15. The molecule has 6 atom stereocenters. The first-order chi connectivity index (χ1) is 23.5. The van der Waals surface area contributed by atoms with E-state index in [1.165, 1.54) is 0 Å². The Labute approximate surface area is 271 Å². The van der Waals surface area contributed by atoms with Crippen molar-refractivity contribution in [1.29, 1.82) is 21.0 Å². The molecule has 0 radical (unpaired) electrons. The number of nitrogens with zero attached hydrogens (tertiary/aromatic N) is 5. The van der Waals surface area contributed by atoms with Crippen molar-refractivity contribution in [1.82, 2.24) is 4.98 Å². The summed E-state index contributed by atoms with van der Waals surface area (Å²) in [5.41, 5.74) is -17.8. The molecule has 0 N–H and O–H groups in total. The number of halogens is 17. The molecule has 0 aliphatic heterocycles. The molecule has 0 amide bonds. The zero-order chi connectivity index (χ0) is 38.8. The Bertz CT molecular complexity index is 2110. The highest BCUT2D eigenvalue weighted by molar-refractivity contribution is 5.63. The number of benzene rings is 1. The first-order valence-corrected chi connectivity index (χ1v) is 13.0. The predicted octanol–water partition coefficient (Wildman–Crippen LogP) is 8.63. The molecule has 51 heavy (non-hydrogen) atoms. The van der Waals surface area contributed by atoms with Gasteiger partial charge in [-0.15, -0.1) is 0 Å². The quantitative estimate of drug-likeness (QED) is 0.132. The Kier molecular flexibility index (Phi) is 9.67. The summed E-state index contributed by atoms with van der Waals surface area (Å²) in [6.45, 7) is 0. The van der Waals surface area contributed by atoms with Gasteiger partial charge in [0.2, 0.25) is 0 Å². The fourth-order valence-electron chi connectivity index (χ4n) is 5.69. The molecule has 266 valence electrons. The number of allylic oxidation sites excluding steroid dienone is 6. The van der Waals surface area contributed by atoms with Crippen molar-refractivity contribution >= 4 is 0 Å². The van der Waals surface area contributed by atoms with E-state index in [0.29, 0.717) is 0 Å². The molecule has 1 heterocycles. The predicted molar refractivity (Wildman–Crippen MR) is 129 cm³/mol. The Hall–Kier alpha value is -5.64. The van der Waals surface area contributed by atoms with Gasteiger partial charge in [0.1, 0.15) is 17.2 Å². The maximum atomic E-state index is 15.2. The summed E-state index contributed by atoms with van der Waals surface area (Å²) >= 11 is 0. The van der Waals surface area contributed by atoms with Crippen molar-refractivity contribution in [2.24, 2.45) is 11.8 Å². The van der Waals surface area contributed by atoms with Crippen LogP contribution in [0.2, 0.25) is 0 Å². The number of pyridine rings is 1. The maximum Gasteiger partial charge on any atom is 0.422 e. The van der Waals surface area contributed by atoms with Gasteiger partial charge in [0.05, 0.1) is 35.6 Å². The zero-order valence-electron chi connectivity index (χ0n) is 23.6. The third-order valence-electron chi connectivity index (χ3n) is 7.82. The van der Waals surface area contributed by atoms with Crippen molar-refractivity contribution < 1.29 is 74.6 Å². The third kappa shape index (κ3) is 5.88. The average Bonchev–Trinajstić information content (AvgIpc) is 3.75. The smallest absolute Gasteiger partial charge is 0.239 e. The highest BCUT2D eigenvalue weighted by Crippen LogP contribution is 2.63. The van der Waals surface area contributed by atoms with Crippen LogP contribution in [-0.4, -0.2) is 23.5 Å². The lowest BCUT2D eigenvalue weighted by atomic mass is 9.86. The first kappa shape index (κ1) is 38.2. The van der Waals surface area contributed by atoms with Gasteiger partial charge in [0.15, 0.2) is 64.6 Å². The topological polar surface area (TPSA) is 108 Å². The first-order valence-electron chi connectivity index (χ1n) is 13.0. The Morgan fingerprint density at radius 2 is 1.08 bits per heavy atom. The highest BCUT2D eigenvalue weighted by atomic mass is 19.4. The van der Waals surface area contributed by atoms with Crippen molar-refractivity contribution in [2.75, 3.05) is 0 Å². The molecule has 1 fully saturated rings. The Morgan fingerprint density at radius 1 is 0.608 bits per heavy atom. The van der Waals surface area contributed by atoms with E-state index in [-0.39, 0.29) is 0 Å². The summed E-state index contributed by atoms with van der Waals surface area (Å²) < 4.78 is 242. The lowest BCUT2D eigenvalue weighted by Crippen LogP contribution is -2.35. The van der Waals surface area contributed by atoms with Crippen LogP contribution in [-0.2, 0) is 6.18 Å². The van der Waals surface area contributed by atoms with Crippen LogP contribution < -0.4 is 0 Å². The van der Waals surface area contributed by atoms with E-state index in [2.05, 4.69) is 4.98 Å². The number of nitriles is 4. The summed E-state index contributed by atoms with van der Waals surface area (Å²) in [4.78, 5) is 2.58. The molecule has 0 bridgehead atoms. The van der Waals surface area contributed by atoms with Gasteiger partial charge in [-0.3, -0.25) is 0 Å². The maximum absolute atomic E-state index is 15.2. The van der Waals surface area contributed by atoms with E-state index in [1.807, 2.05) is 0 Å². The fourth-order valence-corrected chi connectivity index (χ4v) is 5.69. The monoisotopic (exact) mass is 747 g/mol. The number of alkyl halides is 8. The fraction of sp³-hybridized carbons (Fsp3) is 0.276. The molecule has 1 saturated carbocycles. The van der Waals surface area contributed by atoms with Crippen LogP contribution in [0.3, 0.4) is 0 Å². The van der Waals surface area contributed by atoms with Gasteiger partial charge < -0.3 is 0 Å². The van der Waals surface area contributed by atoms with Gasteiger partial charge in [0.25, 0.3) is 5.95 Å². The lowest BCUT2D eigenvalue weighted by Gasteiger charge is -2.26. The minimum Gasteiger partial charge on any atom is -0.239 e. The molecule has 5 nitrogen and oxygen atoms in total. The summed E-state index contributed by atoms with van der Waals surface area (Å²) in [5.74, 6) is -36.9. The molecule has 1 aromatic heterocycles. The average molecular weight is 747 g/mol. The Morgan fingerprint density at radius 3 is 1.47 bits per heavy atom. The van der Waals surface area contributed by atoms with E-state index in [1.54, 1.807) is 0 Å². The number of hydrogen-bond acceptors (Lipinski definition) is 5. The number of hydrogen-bond donors (Lipinski definition) is 0. The van der Waals surface area contributed by atoms with E-state index in [9.17, 15) is 68.5 Å². The minimum absolute atomic E-state index is 0.829. The zero-order valence-corrected chi connectivity index (χ0v) is 23.6. The van der Waals surface area contributed by atoms with Gasteiger partial charge in [-0.25, -0.2) is 48.9 Å². The molecule has 2 aliphatic rings. The Balaban J connectivity index is 2.15. The van der Waals surface area contributed by atoms with Gasteiger partial charge >= 0.3 is 12.4 Å². The lowest BCUT2D eigenvalue weighted by molar-refractivity contribution is -0.143. The molecule has 4 rings (SSSR count). The molecular formula is C29H6F17N5. The third-order valence-corrected chi connectivity index (χ3v) is 7.82. The second-order valence-electron chi connectivity index (χ2n) is 10.4. The summed E-state index contributed by atoms with van der Waals surface area (Å²) in [7, 11) is 0. The number of rotatable bonds is 5. The SMILES string of the molecule is N#C/C(C1=C(F)C(F)=C(C(F)(F)F)C(F)C1F)=C1\C(C(C#N)c2c(F)c(F)nc(C#N)c2F)C1C(C#N)c1c(F)c(F)c(C(F)(F)F)c(F)c1F. The summed E-state index contributed by atoms with van der Waals surface area (Å²) in [6, 6.07) is 3.66. The summed E-state index contributed by atoms with van der Waals surface area (Å²) in [6.07, 6.45) is -20.5. The molecule has 1 aromatic carbocycles. The standard InChI is InChI=1S/C29H6F17N5/c30-17-8(4-50)51-27(40)22(35)12(17)5(1-47)9-10(6(2-48)13-18(31)23(36)15(28(41,42)43)24(37)19(13)32)11(9)7(3-49)14-20(33)25(38)16(29(44,45)46)26(39)21(14)34/h5-6,9-10,20,25H/b11-7-. The van der Waals surface area contributed by atoms with Crippen LogP contribution in [0.25, 0.3) is 0 Å². The summed E-state index contributed by atoms with van der Waals surface area (Å²) in [5, 5.41) is 38.5. The van der Waals surface area contributed by atoms with E-state index < -0.39 is 146 Å². The molecular weight excluding hydrogens is 741 g/mol. The van der Waals surface area contributed by atoms with Gasteiger partial charge in [-0.1, -0.05) is 0 Å². The van der Waals surface area contributed by atoms with Crippen molar-refractivity contribution in [3.05, 3.63) is 97.2 Å². The van der Waals surface area contributed by atoms with Crippen LogP contribution in [0.4, 0.5) is 74.6 Å². The van der Waals surface area contributed by atoms with Crippen molar-refractivity contribution in [2.45, 2.75) is 36.5 Å². The van der Waals surface area contributed by atoms with Crippen LogP contribution >= 0.6 is 0 Å². The van der Waals surface area contributed by atoms with Crippen LogP contribution in [0.5, 0.6) is 0 Å². The van der Waals surface area contributed by atoms with Crippen LogP contribution in [0, 0.1) is 98.0 Å². The van der Waals surface area contributed by atoms with E-state index in [0.717, 1.165) is 24.3 Å². The normalized spacial score (nSPS) is 22.8. The van der Waals surface area contributed by atoms with Gasteiger partial charge in [-0.05, 0) is 5.57 Å².